The standard InChI is InChI=1S/C11H19N3S/c1-6-8-4-7(11(6,2)3)5-9(8)13-14-10(12)15/h6-8H,4-5H2,1-3H3,(H3,12,14,15)/b13-9+/t6-,7+,8-/m1/s1. The summed E-state index contributed by atoms with van der Waals surface area (Å²) in [6, 6.07) is 0. The maximum atomic E-state index is 5.37. The SMILES string of the molecule is C[C@@H]1[C@H]2C[C@@H](C/C2=N\NC(N)=S)C1(C)C. The fraction of sp³-hybridized carbons (Fsp3) is 0.818. The molecule has 2 bridgehead atoms. The van der Waals surface area contributed by atoms with Gasteiger partial charge in [0, 0.05) is 11.6 Å². The molecule has 0 aromatic rings. The van der Waals surface area contributed by atoms with Crippen molar-refractivity contribution < 1.29 is 0 Å². The lowest BCUT2D eigenvalue weighted by molar-refractivity contribution is 0.182. The monoisotopic (exact) mass is 225 g/mol. The number of thiocarbonyl (C=S) groups is 1. The molecule has 15 heavy (non-hydrogen) atoms. The summed E-state index contributed by atoms with van der Waals surface area (Å²) in [5.74, 6) is 2.12. The van der Waals surface area contributed by atoms with Crippen LogP contribution in [-0.2, 0) is 0 Å². The minimum absolute atomic E-state index is 0.261. The largest absolute Gasteiger partial charge is 0.375 e. The molecule has 0 aromatic carbocycles. The van der Waals surface area contributed by atoms with Crippen molar-refractivity contribution in [2.24, 2.45) is 34.0 Å². The molecule has 84 valence electrons. The molecular formula is C11H19N3S. The Labute approximate surface area is 96.5 Å². The summed E-state index contributed by atoms with van der Waals surface area (Å²) in [6.45, 7) is 7.08. The van der Waals surface area contributed by atoms with Crippen LogP contribution in [0.25, 0.3) is 0 Å². The second kappa shape index (κ2) is 3.44. The Morgan fingerprint density at radius 1 is 1.60 bits per heavy atom. The van der Waals surface area contributed by atoms with E-state index in [9.17, 15) is 0 Å². The predicted octanol–water partition coefficient (Wildman–Crippen LogP) is 1.88. The average Bonchev–Trinajstić information content (AvgIpc) is 2.64. The van der Waals surface area contributed by atoms with E-state index in [1.54, 1.807) is 0 Å². The summed E-state index contributed by atoms with van der Waals surface area (Å²) in [6.07, 6.45) is 2.39. The van der Waals surface area contributed by atoms with E-state index in [-0.39, 0.29) is 5.11 Å². The van der Waals surface area contributed by atoms with E-state index in [4.69, 9.17) is 18.0 Å². The van der Waals surface area contributed by atoms with Gasteiger partial charge in [0.1, 0.15) is 0 Å². The summed E-state index contributed by atoms with van der Waals surface area (Å²) in [5, 5.41) is 4.58. The summed E-state index contributed by atoms with van der Waals surface area (Å²) in [4.78, 5) is 0. The molecule has 3 N–H and O–H groups in total. The van der Waals surface area contributed by atoms with Gasteiger partial charge in [-0.25, -0.2) is 0 Å². The molecule has 2 aliphatic carbocycles. The van der Waals surface area contributed by atoms with Crippen molar-refractivity contribution >= 4 is 23.0 Å². The lowest BCUT2D eigenvalue weighted by Crippen LogP contribution is -2.35. The van der Waals surface area contributed by atoms with Crippen LogP contribution in [0.4, 0.5) is 0 Å². The van der Waals surface area contributed by atoms with Gasteiger partial charge in [0.2, 0.25) is 0 Å². The van der Waals surface area contributed by atoms with Gasteiger partial charge < -0.3 is 5.73 Å². The summed E-state index contributed by atoms with van der Waals surface area (Å²) in [5.41, 5.74) is 9.82. The number of nitrogens with two attached hydrogens (primary N) is 1. The van der Waals surface area contributed by atoms with Gasteiger partial charge in [0.05, 0.1) is 0 Å². The zero-order chi connectivity index (χ0) is 11.2. The van der Waals surface area contributed by atoms with Gasteiger partial charge in [0.25, 0.3) is 0 Å². The van der Waals surface area contributed by atoms with Gasteiger partial charge in [-0.3, -0.25) is 5.43 Å². The highest BCUT2D eigenvalue weighted by Gasteiger charge is 2.53. The zero-order valence-electron chi connectivity index (χ0n) is 9.58. The normalized spacial score (nSPS) is 39.7. The molecular weight excluding hydrogens is 206 g/mol. The van der Waals surface area contributed by atoms with Crippen LogP contribution in [0.15, 0.2) is 5.10 Å². The second-order valence-electron chi connectivity index (χ2n) is 5.43. The van der Waals surface area contributed by atoms with Gasteiger partial charge in [-0.1, -0.05) is 20.8 Å². The van der Waals surface area contributed by atoms with Gasteiger partial charge in [-0.2, -0.15) is 5.10 Å². The molecule has 4 heteroatoms. The van der Waals surface area contributed by atoms with E-state index in [0.717, 1.165) is 12.3 Å². The maximum Gasteiger partial charge on any atom is 0.184 e. The first kappa shape index (κ1) is 10.9. The summed E-state index contributed by atoms with van der Waals surface area (Å²) in [7, 11) is 0. The van der Waals surface area contributed by atoms with Gasteiger partial charge >= 0.3 is 0 Å². The molecule has 0 heterocycles. The Hall–Kier alpha value is -0.640. The van der Waals surface area contributed by atoms with Gasteiger partial charge in [-0.05, 0) is 42.3 Å². The number of hydrogen-bond acceptors (Lipinski definition) is 2. The van der Waals surface area contributed by atoms with Crippen LogP contribution in [0, 0.1) is 23.2 Å². The van der Waals surface area contributed by atoms with Crippen LogP contribution in [0.1, 0.15) is 33.6 Å². The first-order valence-electron chi connectivity index (χ1n) is 5.55. The molecule has 0 unspecified atom stereocenters. The highest BCUT2D eigenvalue weighted by molar-refractivity contribution is 7.80. The lowest BCUT2D eigenvalue weighted by Gasteiger charge is -2.36. The van der Waals surface area contributed by atoms with Crippen LogP contribution in [0.3, 0.4) is 0 Å². The molecule has 2 rings (SSSR count). The third kappa shape index (κ3) is 1.65. The van der Waals surface area contributed by atoms with Gasteiger partial charge in [-0.15, -0.1) is 0 Å². The highest BCUT2D eigenvalue weighted by atomic mass is 32.1. The number of rotatable bonds is 1. The smallest absolute Gasteiger partial charge is 0.184 e. The minimum Gasteiger partial charge on any atom is -0.375 e. The molecule has 3 atom stereocenters. The second-order valence-corrected chi connectivity index (χ2v) is 5.87. The van der Waals surface area contributed by atoms with E-state index >= 15 is 0 Å². The third-order valence-corrected chi connectivity index (χ3v) is 4.65. The molecule has 2 aliphatic rings. The Bertz CT molecular complexity index is 318. The van der Waals surface area contributed by atoms with Gasteiger partial charge in [0.15, 0.2) is 5.11 Å². The fourth-order valence-corrected chi connectivity index (χ4v) is 3.18. The molecule has 0 radical (unpaired) electrons. The fourth-order valence-electron chi connectivity index (χ4n) is 3.13. The van der Waals surface area contributed by atoms with E-state index in [1.807, 2.05) is 0 Å². The summed E-state index contributed by atoms with van der Waals surface area (Å²) < 4.78 is 0. The summed E-state index contributed by atoms with van der Waals surface area (Å²) >= 11 is 4.75. The van der Waals surface area contributed by atoms with E-state index in [1.165, 1.54) is 12.1 Å². The van der Waals surface area contributed by atoms with Crippen molar-refractivity contribution in [1.29, 1.82) is 0 Å². The average molecular weight is 225 g/mol. The number of hydrazone groups is 1. The van der Waals surface area contributed by atoms with Crippen molar-refractivity contribution in [3.8, 4) is 0 Å². The van der Waals surface area contributed by atoms with E-state index in [0.29, 0.717) is 17.3 Å². The van der Waals surface area contributed by atoms with E-state index < -0.39 is 0 Å². The van der Waals surface area contributed by atoms with Crippen molar-refractivity contribution in [2.45, 2.75) is 33.6 Å². The quantitative estimate of drug-likeness (QED) is 0.529. The van der Waals surface area contributed by atoms with Crippen LogP contribution in [0.5, 0.6) is 0 Å². The van der Waals surface area contributed by atoms with Crippen LogP contribution in [0.2, 0.25) is 0 Å². The molecule has 0 aromatic heterocycles. The predicted molar refractivity (Wildman–Crippen MR) is 66.5 cm³/mol. The highest BCUT2D eigenvalue weighted by Crippen LogP contribution is 2.57. The molecule has 0 spiro atoms. The molecule has 0 saturated heterocycles. The van der Waals surface area contributed by atoms with Crippen molar-refractivity contribution in [3.63, 3.8) is 0 Å². The topological polar surface area (TPSA) is 50.4 Å². The molecule has 0 aliphatic heterocycles. The first-order valence-corrected chi connectivity index (χ1v) is 5.95. The number of hydrogen-bond donors (Lipinski definition) is 2. The zero-order valence-corrected chi connectivity index (χ0v) is 10.4. The molecule has 0 amide bonds. The maximum absolute atomic E-state index is 5.37. The van der Waals surface area contributed by atoms with Crippen LogP contribution in [-0.4, -0.2) is 10.8 Å². The molecule has 2 saturated carbocycles. The number of nitrogens with one attached hydrogen (secondary N) is 1. The minimum atomic E-state index is 0.261. The Morgan fingerprint density at radius 3 is 2.73 bits per heavy atom. The Kier molecular flexibility index (Phi) is 2.49. The lowest BCUT2D eigenvalue weighted by atomic mass is 9.69. The van der Waals surface area contributed by atoms with Crippen LogP contribution >= 0.6 is 12.2 Å². The Morgan fingerprint density at radius 2 is 2.27 bits per heavy atom. The van der Waals surface area contributed by atoms with Crippen molar-refractivity contribution in [3.05, 3.63) is 0 Å². The number of fused-ring (bicyclic) bond motifs is 2. The number of nitrogens with zero attached hydrogens (tertiary/aromatic N) is 1. The van der Waals surface area contributed by atoms with E-state index in [2.05, 4.69) is 31.3 Å². The first-order chi connectivity index (χ1) is 6.93. The van der Waals surface area contributed by atoms with Crippen molar-refractivity contribution in [1.82, 2.24) is 5.43 Å². The molecule has 3 nitrogen and oxygen atoms in total. The van der Waals surface area contributed by atoms with Crippen molar-refractivity contribution in [2.75, 3.05) is 0 Å². The molecule has 2 fully saturated rings. The van der Waals surface area contributed by atoms with Crippen LogP contribution < -0.4 is 11.2 Å². The Balaban J connectivity index is 2.12. The third-order valence-electron chi connectivity index (χ3n) is 4.56.